The maximum Gasteiger partial charge on any atom is 0.147 e. The van der Waals surface area contributed by atoms with Gasteiger partial charge in [-0.15, -0.1) is 0 Å². The number of aromatic nitrogens is 3. The highest BCUT2D eigenvalue weighted by Crippen LogP contribution is 2.35. The predicted octanol–water partition coefficient (Wildman–Crippen LogP) is 3.44. The summed E-state index contributed by atoms with van der Waals surface area (Å²) in [6, 6.07) is 14.9. The summed E-state index contributed by atoms with van der Waals surface area (Å²) < 4.78 is 0. The minimum atomic E-state index is 0.506. The first kappa shape index (κ1) is 15.6. The molecule has 5 rings (SSSR count). The van der Waals surface area contributed by atoms with Crippen LogP contribution in [0.1, 0.15) is 18.5 Å². The molecule has 5 heteroatoms. The SMILES string of the molecule is Cc1cccc(N2CCC3CCN(c4cnc5ccccc5n4)CC32)n1. The van der Waals surface area contributed by atoms with E-state index in [0.717, 1.165) is 53.9 Å². The largest absolute Gasteiger partial charge is 0.353 e. The van der Waals surface area contributed by atoms with Gasteiger partial charge in [0.2, 0.25) is 0 Å². The van der Waals surface area contributed by atoms with Crippen LogP contribution in [0.2, 0.25) is 0 Å². The molecule has 0 amide bonds. The first-order valence-corrected chi connectivity index (χ1v) is 9.45. The molecular formula is C21H23N5. The average molecular weight is 345 g/mol. The van der Waals surface area contributed by atoms with Gasteiger partial charge in [0.1, 0.15) is 11.6 Å². The topological polar surface area (TPSA) is 45.2 Å². The van der Waals surface area contributed by atoms with Crippen molar-refractivity contribution < 1.29 is 0 Å². The maximum absolute atomic E-state index is 4.85. The van der Waals surface area contributed by atoms with Gasteiger partial charge in [-0.3, -0.25) is 4.98 Å². The molecule has 2 fully saturated rings. The van der Waals surface area contributed by atoms with Crippen LogP contribution in [-0.2, 0) is 0 Å². The van der Waals surface area contributed by atoms with Crippen molar-refractivity contribution in [3.63, 3.8) is 0 Å². The van der Waals surface area contributed by atoms with Crippen molar-refractivity contribution in [1.82, 2.24) is 15.0 Å². The molecule has 0 N–H and O–H groups in total. The molecule has 2 aliphatic heterocycles. The van der Waals surface area contributed by atoms with Crippen LogP contribution < -0.4 is 9.80 Å². The van der Waals surface area contributed by atoms with Gasteiger partial charge in [-0.05, 0) is 49.9 Å². The summed E-state index contributed by atoms with van der Waals surface area (Å²) in [6.45, 7) is 5.22. The van der Waals surface area contributed by atoms with Crippen LogP contribution in [0.4, 0.5) is 11.6 Å². The van der Waals surface area contributed by atoms with Crippen LogP contribution >= 0.6 is 0 Å². The van der Waals surface area contributed by atoms with E-state index in [1.165, 1.54) is 12.8 Å². The summed E-state index contributed by atoms with van der Waals surface area (Å²) in [5.41, 5.74) is 3.01. The zero-order valence-corrected chi connectivity index (χ0v) is 15.0. The van der Waals surface area contributed by atoms with Crippen LogP contribution in [0.5, 0.6) is 0 Å². The number of nitrogens with zero attached hydrogens (tertiary/aromatic N) is 5. The number of para-hydroxylation sites is 2. The van der Waals surface area contributed by atoms with Crippen molar-refractivity contribution in [2.24, 2.45) is 5.92 Å². The van der Waals surface area contributed by atoms with Gasteiger partial charge in [0.15, 0.2) is 0 Å². The minimum Gasteiger partial charge on any atom is -0.353 e. The number of pyridine rings is 1. The van der Waals surface area contributed by atoms with Crippen molar-refractivity contribution in [3.8, 4) is 0 Å². The van der Waals surface area contributed by atoms with E-state index in [2.05, 4.69) is 39.9 Å². The molecule has 2 aliphatic rings. The van der Waals surface area contributed by atoms with Crippen LogP contribution in [0.3, 0.4) is 0 Å². The summed E-state index contributed by atoms with van der Waals surface area (Å²) in [5.74, 6) is 2.86. The molecule has 2 atom stereocenters. The number of benzene rings is 1. The van der Waals surface area contributed by atoms with Crippen LogP contribution in [-0.4, -0.2) is 40.6 Å². The van der Waals surface area contributed by atoms with Gasteiger partial charge in [0.25, 0.3) is 0 Å². The lowest BCUT2D eigenvalue weighted by molar-refractivity contribution is 0.388. The number of piperidine rings is 1. The van der Waals surface area contributed by atoms with Crippen LogP contribution in [0.15, 0.2) is 48.7 Å². The summed E-state index contributed by atoms with van der Waals surface area (Å²) in [7, 11) is 0. The Morgan fingerprint density at radius 1 is 0.885 bits per heavy atom. The fraction of sp³-hybridized carbons (Fsp3) is 0.381. The Labute approximate surface area is 153 Å². The molecule has 0 spiro atoms. The fourth-order valence-corrected chi connectivity index (χ4v) is 4.42. The highest BCUT2D eigenvalue weighted by molar-refractivity contribution is 5.75. The molecule has 4 heterocycles. The van der Waals surface area contributed by atoms with Gasteiger partial charge in [-0.1, -0.05) is 18.2 Å². The fourth-order valence-electron chi connectivity index (χ4n) is 4.42. The molecule has 0 bridgehead atoms. The van der Waals surface area contributed by atoms with Crippen molar-refractivity contribution in [2.45, 2.75) is 25.8 Å². The molecule has 3 aromatic rings. The molecule has 2 aromatic heterocycles. The summed E-state index contributed by atoms with van der Waals surface area (Å²) in [5, 5.41) is 0. The van der Waals surface area contributed by atoms with Crippen LogP contribution in [0.25, 0.3) is 11.0 Å². The molecule has 0 saturated carbocycles. The number of aryl methyl sites for hydroxylation is 1. The third kappa shape index (κ3) is 2.68. The smallest absolute Gasteiger partial charge is 0.147 e. The van der Waals surface area contributed by atoms with E-state index in [1.54, 1.807) is 0 Å². The van der Waals surface area contributed by atoms with Gasteiger partial charge in [-0.25, -0.2) is 9.97 Å². The number of hydrogen-bond donors (Lipinski definition) is 0. The summed E-state index contributed by atoms with van der Waals surface area (Å²) in [4.78, 5) is 19.1. The lowest BCUT2D eigenvalue weighted by atomic mass is 9.92. The summed E-state index contributed by atoms with van der Waals surface area (Å²) >= 11 is 0. The number of hydrogen-bond acceptors (Lipinski definition) is 5. The first-order chi connectivity index (χ1) is 12.8. The van der Waals surface area contributed by atoms with Crippen molar-refractivity contribution in [1.29, 1.82) is 0 Å². The second kappa shape index (κ2) is 6.24. The summed E-state index contributed by atoms with van der Waals surface area (Å²) in [6.07, 6.45) is 4.39. The Balaban J connectivity index is 1.42. The van der Waals surface area contributed by atoms with E-state index >= 15 is 0 Å². The molecular weight excluding hydrogens is 322 g/mol. The molecule has 132 valence electrons. The van der Waals surface area contributed by atoms with Crippen molar-refractivity contribution >= 4 is 22.7 Å². The zero-order valence-electron chi connectivity index (χ0n) is 15.0. The van der Waals surface area contributed by atoms with Gasteiger partial charge >= 0.3 is 0 Å². The Kier molecular flexibility index (Phi) is 3.73. The third-order valence-corrected chi connectivity index (χ3v) is 5.79. The maximum atomic E-state index is 4.85. The van der Waals surface area contributed by atoms with E-state index in [1.807, 2.05) is 30.5 Å². The highest BCUT2D eigenvalue weighted by atomic mass is 15.3. The Hall–Kier alpha value is -2.69. The molecule has 1 aromatic carbocycles. The lowest BCUT2D eigenvalue weighted by Gasteiger charge is -2.39. The Morgan fingerprint density at radius 2 is 1.73 bits per heavy atom. The lowest BCUT2D eigenvalue weighted by Crippen LogP contribution is -2.48. The second-order valence-corrected chi connectivity index (χ2v) is 7.40. The van der Waals surface area contributed by atoms with Gasteiger partial charge in [-0.2, -0.15) is 0 Å². The standard InChI is InChI=1S/C21H23N5/c1-15-5-4-8-20(23-15)26-12-10-16-9-11-25(14-19(16)26)21-13-22-17-6-2-3-7-18(17)24-21/h2-8,13,16,19H,9-12,14H2,1H3. The monoisotopic (exact) mass is 345 g/mol. The quantitative estimate of drug-likeness (QED) is 0.712. The first-order valence-electron chi connectivity index (χ1n) is 9.45. The van der Waals surface area contributed by atoms with Gasteiger partial charge < -0.3 is 9.80 Å². The van der Waals surface area contributed by atoms with E-state index in [9.17, 15) is 0 Å². The number of fused-ring (bicyclic) bond motifs is 2. The molecule has 2 saturated heterocycles. The van der Waals surface area contributed by atoms with Gasteiger partial charge in [0.05, 0.1) is 23.3 Å². The normalized spacial score (nSPS) is 22.7. The van der Waals surface area contributed by atoms with E-state index < -0.39 is 0 Å². The zero-order chi connectivity index (χ0) is 17.5. The Bertz CT molecular complexity index is 940. The van der Waals surface area contributed by atoms with Crippen molar-refractivity contribution in [3.05, 3.63) is 54.4 Å². The molecule has 2 unspecified atom stereocenters. The molecule has 0 radical (unpaired) electrons. The molecule has 26 heavy (non-hydrogen) atoms. The Morgan fingerprint density at radius 3 is 2.62 bits per heavy atom. The van der Waals surface area contributed by atoms with E-state index in [-0.39, 0.29) is 0 Å². The van der Waals surface area contributed by atoms with Gasteiger partial charge in [0, 0.05) is 25.3 Å². The highest BCUT2D eigenvalue weighted by Gasteiger charge is 2.39. The van der Waals surface area contributed by atoms with E-state index in [4.69, 9.17) is 9.97 Å². The number of rotatable bonds is 2. The third-order valence-electron chi connectivity index (χ3n) is 5.79. The van der Waals surface area contributed by atoms with E-state index in [0.29, 0.717) is 6.04 Å². The minimum absolute atomic E-state index is 0.506. The molecule has 0 aliphatic carbocycles. The average Bonchev–Trinajstić information content (AvgIpc) is 3.11. The second-order valence-electron chi connectivity index (χ2n) is 7.40. The molecule has 5 nitrogen and oxygen atoms in total. The van der Waals surface area contributed by atoms with Crippen LogP contribution in [0, 0.1) is 12.8 Å². The predicted molar refractivity (Wildman–Crippen MR) is 105 cm³/mol. The number of anilines is 2. The van der Waals surface area contributed by atoms with Crippen molar-refractivity contribution in [2.75, 3.05) is 29.4 Å².